The van der Waals surface area contributed by atoms with E-state index in [2.05, 4.69) is 27.2 Å². The number of rotatable bonds is 5. The van der Waals surface area contributed by atoms with Gasteiger partial charge in [-0.1, -0.05) is 18.7 Å². The van der Waals surface area contributed by atoms with Crippen molar-refractivity contribution in [2.45, 2.75) is 20.4 Å². The summed E-state index contributed by atoms with van der Waals surface area (Å²) in [7, 11) is 0. The summed E-state index contributed by atoms with van der Waals surface area (Å²) in [5.41, 5.74) is 3.70. The van der Waals surface area contributed by atoms with E-state index in [1.165, 1.54) is 6.08 Å². The molecule has 0 spiro atoms. The third kappa shape index (κ3) is 4.42. The summed E-state index contributed by atoms with van der Waals surface area (Å²) in [5.74, 6) is 0.404. The number of carbonyl (C=O) groups is 1. The number of nitrogens with one attached hydrogen (secondary N) is 2. The van der Waals surface area contributed by atoms with Crippen LogP contribution < -0.4 is 10.6 Å². The molecule has 1 heterocycles. The number of aryl methyl sites for hydroxylation is 2. The van der Waals surface area contributed by atoms with Gasteiger partial charge in [0.05, 0.1) is 0 Å². The molecule has 1 aromatic carbocycles. The summed E-state index contributed by atoms with van der Waals surface area (Å²) in [5, 5.41) is 5.89. The molecule has 2 N–H and O–H groups in total. The van der Waals surface area contributed by atoms with E-state index in [0.29, 0.717) is 12.5 Å². The summed E-state index contributed by atoms with van der Waals surface area (Å²) < 4.78 is 0. The van der Waals surface area contributed by atoms with Gasteiger partial charge < -0.3 is 10.6 Å². The Morgan fingerprint density at radius 3 is 2.38 bits per heavy atom. The van der Waals surface area contributed by atoms with E-state index >= 15 is 0 Å². The van der Waals surface area contributed by atoms with Crippen LogP contribution in [-0.4, -0.2) is 15.9 Å². The lowest BCUT2D eigenvalue weighted by Crippen LogP contribution is -2.08. The van der Waals surface area contributed by atoms with Crippen LogP contribution in [-0.2, 0) is 11.3 Å². The Labute approximate surface area is 124 Å². The largest absolute Gasteiger partial charge is 0.350 e. The molecule has 0 radical (unpaired) electrons. The van der Waals surface area contributed by atoms with Crippen LogP contribution in [0.2, 0.25) is 0 Å². The maximum Gasteiger partial charge on any atom is 0.247 e. The lowest BCUT2D eigenvalue weighted by Gasteiger charge is -2.08. The lowest BCUT2D eigenvalue weighted by atomic mass is 10.2. The fourth-order valence-corrected chi connectivity index (χ4v) is 1.89. The highest BCUT2D eigenvalue weighted by Gasteiger charge is 2.01. The summed E-state index contributed by atoms with van der Waals surface area (Å²) in [6.07, 6.45) is 1.24. The molecule has 0 saturated carbocycles. The zero-order chi connectivity index (χ0) is 15.2. The van der Waals surface area contributed by atoms with E-state index in [1.807, 2.05) is 44.2 Å². The molecule has 1 amide bonds. The molecule has 0 bridgehead atoms. The van der Waals surface area contributed by atoms with Crippen LogP contribution in [0.5, 0.6) is 0 Å². The molecule has 0 fully saturated rings. The topological polar surface area (TPSA) is 66.9 Å². The van der Waals surface area contributed by atoms with Gasteiger partial charge in [-0.3, -0.25) is 4.79 Å². The van der Waals surface area contributed by atoms with Crippen LogP contribution >= 0.6 is 0 Å². The number of amides is 1. The first kappa shape index (κ1) is 14.7. The summed E-state index contributed by atoms with van der Waals surface area (Å²) in [6, 6.07) is 9.51. The monoisotopic (exact) mass is 282 g/mol. The number of benzene rings is 1. The molecule has 5 heteroatoms. The van der Waals surface area contributed by atoms with E-state index in [1.54, 1.807) is 0 Å². The van der Waals surface area contributed by atoms with E-state index in [0.717, 1.165) is 22.6 Å². The summed E-state index contributed by atoms with van der Waals surface area (Å²) in [6.45, 7) is 7.92. The van der Waals surface area contributed by atoms with E-state index in [4.69, 9.17) is 0 Å². The van der Waals surface area contributed by atoms with Crippen molar-refractivity contribution >= 4 is 17.5 Å². The molecule has 0 aliphatic carbocycles. The van der Waals surface area contributed by atoms with Crippen LogP contribution in [0.4, 0.5) is 11.6 Å². The van der Waals surface area contributed by atoms with Gasteiger partial charge in [-0.2, -0.15) is 0 Å². The van der Waals surface area contributed by atoms with Crippen LogP contribution in [0, 0.1) is 13.8 Å². The minimum Gasteiger partial charge on any atom is -0.350 e. The summed E-state index contributed by atoms with van der Waals surface area (Å²) >= 11 is 0. The van der Waals surface area contributed by atoms with E-state index in [9.17, 15) is 4.79 Å². The Balaban J connectivity index is 1.97. The third-order valence-corrected chi connectivity index (χ3v) is 2.84. The standard InChI is InChI=1S/C16H18N4O/c1-4-15(21)20-14-7-5-13(6-8-14)10-17-16-18-11(2)9-12(3)19-16/h4-9H,1,10H2,2-3H3,(H,20,21)(H,17,18,19). The first-order valence-corrected chi connectivity index (χ1v) is 6.65. The van der Waals surface area contributed by atoms with Gasteiger partial charge in [0, 0.05) is 23.6 Å². The number of anilines is 2. The van der Waals surface area contributed by atoms with Gasteiger partial charge in [-0.05, 0) is 43.7 Å². The van der Waals surface area contributed by atoms with Crippen molar-refractivity contribution in [1.29, 1.82) is 0 Å². The molecule has 0 saturated heterocycles. The minimum absolute atomic E-state index is 0.218. The quantitative estimate of drug-likeness (QED) is 0.828. The number of hydrogen-bond donors (Lipinski definition) is 2. The fraction of sp³-hybridized carbons (Fsp3) is 0.188. The average Bonchev–Trinajstić information content (AvgIpc) is 2.45. The second-order valence-corrected chi connectivity index (χ2v) is 4.72. The van der Waals surface area contributed by atoms with Crippen molar-refractivity contribution in [3.05, 3.63) is 59.9 Å². The molecule has 0 aliphatic rings. The third-order valence-electron chi connectivity index (χ3n) is 2.84. The molecule has 0 atom stereocenters. The van der Waals surface area contributed by atoms with Gasteiger partial charge in [-0.25, -0.2) is 9.97 Å². The van der Waals surface area contributed by atoms with Crippen LogP contribution in [0.25, 0.3) is 0 Å². The predicted octanol–water partition coefficient (Wildman–Crippen LogP) is 2.83. The van der Waals surface area contributed by atoms with Gasteiger partial charge in [0.1, 0.15) is 0 Å². The SMILES string of the molecule is C=CC(=O)Nc1ccc(CNc2nc(C)cc(C)n2)cc1. The Hall–Kier alpha value is -2.69. The average molecular weight is 282 g/mol. The molecule has 2 aromatic rings. The highest BCUT2D eigenvalue weighted by atomic mass is 16.1. The van der Waals surface area contributed by atoms with Gasteiger partial charge in [0.25, 0.3) is 0 Å². The molecule has 5 nitrogen and oxygen atoms in total. The lowest BCUT2D eigenvalue weighted by molar-refractivity contribution is -0.111. The maximum atomic E-state index is 11.2. The Kier molecular flexibility index (Phi) is 4.66. The zero-order valence-electron chi connectivity index (χ0n) is 12.2. The Bertz CT molecular complexity index is 630. The maximum absolute atomic E-state index is 11.2. The highest BCUT2D eigenvalue weighted by molar-refractivity contribution is 5.98. The minimum atomic E-state index is -0.218. The zero-order valence-corrected chi connectivity index (χ0v) is 12.2. The fourth-order valence-electron chi connectivity index (χ4n) is 1.89. The molecule has 108 valence electrons. The number of aromatic nitrogens is 2. The molecule has 0 unspecified atom stereocenters. The molecule has 1 aromatic heterocycles. The number of nitrogens with zero attached hydrogens (tertiary/aromatic N) is 2. The second kappa shape index (κ2) is 6.65. The molecule has 2 rings (SSSR count). The second-order valence-electron chi connectivity index (χ2n) is 4.72. The number of hydrogen-bond acceptors (Lipinski definition) is 4. The normalized spacial score (nSPS) is 10.0. The Morgan fingerprint density at radius 2 is 1.81 bits per heavy atom. The molecule has 21 heavy (non-hydrogen) atoms. The van der Waals surface area contributed by atoms with Crippen molar-refractivity contribution in [1.82, 2.24) is 9.97 Å². The molecular formula is C16H18N4O. The van der Waals surface area contributed by atoms with Crippen LogP contribution in [0.3, 0.4) is 0 Å². The Morgan fingerprint density at radius 1 is 1.19 bits per heavy atom. The van der Waals surface area contributed by atoms with Crippen molar-refractivity contribution in [3.8, 4) is 0 Å². The molecule has 0 aliphatic heterocycles. The highest BCUT2D eigenvalue weighted by Crippen LogP contribution is 2.11. The van der Waals surface area contributed by atoms with Gasteiger partial charge in [0.15, 0.2) is 0 Å². The van der Waals surface area contributed by atoms with E-state index in [-0.39, 0.29) is 5.91 Å². The first-order chi connectivity index (χ1) is 10.1. The smallest absolute Gasteiger partial charge is 0.247 e. The van der Waals surface area contributed by atoms with Gasteiger partial charge >= 0.3 is 0 Å². The van der Waals surface area contributed by atoms with Crippen molar-refractivity contribution in [2.24, 2.45) is 0 Å². The van der Waals surface area contributed by atoms with Crippen molar-refractivity contribution in [3.63, 3.8) is 0 Å². The van der Waals surface area contributed by atoms with Crippen molar-refractivity contribution in [2.75, 3.05) is 10.6 Å². The van der Waals surface area contributed by atoms with E-state index < -0.39 is 0 Å². The summed E-state index contributed by atoms with van der Waals surface area (Å²) in [4.78, 5) is 19.8. The van der Waals surface area contributed by atoms with Gasteiger partial charge in [0.2, 0.25) is 11.9 Å². The van der Waals surface area contributed by atoms with Gasteiger partial charge in [-0.15, -0.1) is 0 Å². The number of carbonyl (C=O) groups excluding carboxylic acids is 1. The van der Waals surface area contributed by atoms with Crippen LogP contribution in [0.1, 0.15) is 17.0 Å². The predicted molar refractivity (Wildman–Crippen MR) is 84.1 cm³/mol. The first-order valence-electron chi connectivity index (χ1n) is 6.65. The van der Waals surface area contributed by atoms with Crippen molar-refractivity contribution < 1.29 is 4.79 Å². The van der Waals surface area contributed by atoms with Crippen LogP contribution in [0.15, 0.2) is 43.0 Å². The molecular weight excluding hydrogens is 264 g/mol.